The summed E-state index contributed by atoms with van der Waals surface area (Å²) in [6.45, 7) is 7.65. The summed E-state index contributed by atoms with van der Waals surface area (Å²) in [4.78, 5) is 4.26. The number of rotatable bonds is 9. The average Bonchev–Trinajstić information content (AvgIpc) is 3.40. The summed E-state index contributed by atoms with van der Waals surface area (Å²) < 4.78 is 36.4. The van der Waals surface area contributed by atoms with Crippen LogP contribution < -0.4 is 11.1 Å². The fourth-order valence-electron chi connectivity index (χ4n) is 4.30. The first-order valence-corrected chi connectivity index (χ1v) is 12.5. The summed E-state index contributed by atoms with van der Waals surface area (Å²) in [6.07, 6.45) is 8.72. The Balaban J connectivity index is 1.68. The van der Waals surface area contributed by atoms with E-state index in [9.17, 15) is 4.39 Å². The Labute approximate surface area is 220 Å². The molecule has 4 N–H and O–H groups in total. The summed E-state index contributed by atoms with van der Waals surface area (Å²) >= 11 is 0. The Morgan fingerprint density at radius 1 is 1.24 bits per heavy atom. The van der Waals surface area contributed by atoms with Crippen molar-refractivity contribution >= 4 is 17.6 Å². The zero-order chi connectivity index (χ0) is 27.2. The molecule has 11 heteroatoms. The van der Waals surface area contributed by atoms with Crippen LogP contribution in [0.25, 0.3) is 22.6 Å². The number of benzene rings is 1. The Morgan fingerprint density at radius 3 is 2.71 bits per heavy atom. The second kappa shape index (κ2) is 12.1. The molecule has 1 aromatic carbocycles. The lowest BCUT2D eigenvalue weighted by Crippen LogP contribution is -2.28. The fourth-order valence-corrected chi connectivity index (χ4v) is 4.30. The first kappa shape index (κ1) is 27.2. The smallest absolute Gasteiger partial charge is 0.190 e. The fraction of sp³-hybridized carbons (Fsp3) is 0.370. The van der Waals surface area contributed by atoms with Crippen LogP contribution >= 0.6 is 0 Å². The van der Waals surface area contributed by atoms with Crippen molar-refractivity contribution in [2.45, 2.75) is 46.3 Å². The van der Waals surface area contributed by atoms with Crippen LogP contribution in [-0.4, -0.2) is 50.6 Å². The van der Waals surface area contributed by atoms with Gasteiger partial charge in [0.2, 0.25) is 0 Å². The van der Waals surface area contributed by atoms with Gasteiger partial charge in [0, 0.05) is 29.1 Å². The van der Waals surface area contributed by atoms with Gasteiger partial charge in [-0.3, -0.25) is 0 Å². The number of ether oxygens (including phenoxy) is 1. The SMILES string of the molecule is C/C(=C/C=C(\C=N)c1cnc(N)c(-c2nnnn2-c2ccc(COC(C)C)c(F)c2F)c1)C1CCNCC1. The van der Waals surface area contributed by atoms with Crippen LogP contribution in [0.3, 0.4) is 0 Å². The third-order valence-electron chi connectivity index (χ3n) is 6.57. The number of nitrogen functional groups attached to an aromatic ring is 1. The van der Waals surface area contributed by atoms with Crippen molar-refractivity contribution in [3.05, 3.63) is 64.9 Å². The van der Waals surface area contributed by atoms with Gasteiger partial charge in [0.1, 0.15) is 11.5 Å². The molecule has 1 aliphatic heterocycles. The van der Waals surface area contributed by atoms with Gasteiger partial charge in [0.15, 0.2) is 17.5 Å². The molecule has 38 heavy (non-hydrogen) atoms. The van der Waals surface area contributed by atoms with Gasteiger partial charge in [0.05, 0.1) is 18.3 Å². The number of pyridine rings is 1. The molecule has 9 nitrogen and oxygen atoms in total. The molecule has 200 valence electrons. The van der Waals surface area contributed by atoms with Crippen molar-refractivity contribution in [2.75, 3.05) is 18.8 Å². The zero-order valence-electron chi connectivity index (χ0n) is 21.7. The van der Waals surface area contributed by atoms with Gasteiger partial charge < -0.3 is 21.2 Å². The van der Waals surface area contributed by atoms with Gasteiger partial charge in [-0.25, -0.2) is 13.8 Å². The highest BCUT2D eigenvalue weighted by Gasteiger charge is 2.22. The number of halogens is 2. The molecular formula is C27H32F2N8O. The number of nitrogens with zero attached hydrogens (tertiary/aromatic N) is 5. The molecule has 0 unspecified atom stereocenters. The Hall–Kier alpha value is -3.83. The number of piperidine rings is 1. The molecule has 3 aromatic rings. The molecule has 1 fully saturated rings. The Bertz CT molecular complexity index is 1360. The molecule has 0 aliphatic carbocycles. The lowest BCUT2D eigenvalue weighted by molar-refractivity contribution is 0.0635. The summed E-state index contributed by atoms with van der Waals surface area (Å²) in [7, 11) is 0. The highest BCUT2D eigenvalue weighted by atomic mass is 19.2. The van der Waals surface area contributed by atoms with E-state index >= 15 is 4.39 Å². The van der Waals surface area contributed by atoms with E-state index in [1.165, 1.54) is 23.9 Å². The minimum Gasteiger partial charge on any atom is -0.383 e. The van der Waals surface area contributed by atoms with E-state index in [1.54, 1.807) is 12.3 Å². The van der Waals surface area contributed by atoms with Crippen LogP contribution in [-0.2, 0) is 11.3 Å². The molecule has 2 aromatic heterocycles. The van der Waals surface area contributed by atoms with Crippen LogP contribution in [0.4, 0.5) is 14.6 Å². The number of allylic oxidation sites excluding steroid dienone is 4. The van der Waals surface area contributed by atoms with Gasteiger partial charge in [-0.1, -0.05) is 23.8 Å². The number of aromatic nitrogens is 5. The predicted molar refractivity (Wildman–Crippen MR) is 143 cm³/mol. The minimum absolute atomic E-state index is 0.0631. The van der Waals surface area contributed by atoms with Crippen molar-refractivity contribution < 1.29 is 13.5 Å². The second-order valence-electron chi connectivity index (χ2n) is 9.50. The average molecular weight is 523 g/mol. The number of nitrogens with one attached hydrogen (secondary N) is 2. The second-order valence-corrected chi connectivity index (χ2v) is 9.50. The summed E-state index contributed by atoms with van der Waals surface area (Å²) in [5.74, 6) is -1.44. The molecule has 4 rings (SSSR count). The van der Waals surface area contributed by atoms with E-state index in [-0.39, 0.29) is 35.6 Å². The van der Waals surface area contributed by atoms with E-state index in [4.69, 9.17) is 15.9 Å². The third-order valence-corrected chi connectivity index (χ3v) is 6.57. The molecule has 0 amide bonds. The van der Waals surface area contributed by atoms with Crippen molar-refractivity contribution in [1.82, 2.24) is 30.5 Å². The minimum atomic E-state index is -1.11. The lowest BCUT2D eigenvalue weighted by Gasteiger charge is -2.23. The standard InChI is InChI=1S/C27H32F2N8O/c1-16(2)38-15-20-6-7-23(25(29)24(20)28)37-27(34-35-36-37)22-12-21(14-33-26(22)31)19(13-30)5-4-17(3)18-8-10-32-11-9-18/h4-7,12-14,16,18,30,32H,8-11,15H2,1-3H3,(H2,31,33)/b17-4-,19-5+,30-13?. The molecule has 0 radical (unpaired) electrons. The number of hydrogen-bond acceptors (Lipinski definition) is 8. The van der Waals surface area contributed by atoms with Gasteiger partial charge in [-0.15, -0.1) is 5.10 Å². The van der Waals surface area contributed by atoms with Crippen LogP contribution in [0.15, 0.2) is 42.1 Å². The monoisotopic (exact) mass is 522 g/mol. The maximum atomic E-state index is 15.1. The topological polar surface area (TPSA) is 128 Å². The van der Waals surface area contributed by atoms with Crippen molar-refractivity contribution in [3.8, 4) is 17.1 Å². The molecule has 1 aliphatic rings. The largest absolute Gasteiger partial charge is 0.383 e. The first-order chi connectivity index (χ1) is 18.3. The van der Waals surface area contributed by atoms with Crippen LogP contribution in [0.1, 0.15) is 44.7 Å². The van der Waals surface area contributed by atoms with Crippen molar-refractivity contribution in [2.24, 2.45) is 5.92 Å². The zero-order valence-corrected chi connectivity index (χ0v) is 21.7. The van der Waals surface area contributed by atoms with Crippen molar-refractivity contribution in [1.29, 1.82) is 5.41 Å². The lowest BCUT2D eigenvalue weighted by atomic mass is 9.90. The Morgan fingerprint density at radius 2 is 2.00 bits per heavy atom. The summed E-state index contributed by atoms with van der Waals surface area (Å²) in [6, 6.07) is 4.52. The van der Waals surface area contributed by atoms with Crippen LogP contribution in [0.5, 0.6) is 0 Å². The maximum Gasteiger partial charge on any atom is 0.190 e. The molecule has 3 heterocycles. The van der Waals surface area contributed by atoms with Gasteiger partial charge >= 0.3 is 0 Å². The number of anilines is 1. The molecular weight excluding hydrogens is 490 g/mol. The normalized spacial score (nSPS) is 15.3. The highest BCUT2D eigenvalue weighted by molar-refractivity contribution is 6.09. The number of tetrazole rings is 1. The van der Waals surface area contributed by atoms with E-state index in [0.29, 0.717) is 22.6 Å². The third kappa shape index (κ3) is 6.00. The van der Waals surface area contributed by atoms with E-state index in [2.05, 4.69) is 32.7 Å². The van der Waals surface area contributed by atoms with E-state index in [0.717, 1.165) is 30.6 Å². The van der Waals surface area contributed by atoms with E-state index < -0.39 is 11.6 Å². The molecule has 0 atom stereocenters. The quantitative estimate of drug-likeness (QED) is 0.279. The molecule has 0 saturated carbocycles. The Kier molecular flexibility index (Phi) is 8.70. The summed E-state index contributed by atoms with van der Waals surface area (Å²) in [5, 5.41) is 22.9. The molecule has 1 saturated heterocycles. The molecule has 0 spiro atoms. The number of hydrogen-bond donors (Lipinski definition) is 3. The first-order valence-electron chi connectivity index (χ1n) is 12.5. The van der Waals surface area contributed by atoms with E-state index in [1.807, 2.05) is 26.0 Å². The predicted octanol–water partition coefficient (Wildman–Crippen LogP) is 4.49. The van der Waals surface area contributed by atoms with Gasteiger partial charge in [0.25, 0.3) is 0 Å². The van der Waals surface area contributed by atoms with Crippen molar-refractivity contribution in [3.63, 3.8) is 0 Å². The van der Waals surface area contributed by atoms with Gasteiger partial charge in [-0.05, 0) is 75.2 Å². The van der Waals surface area contributed by atoms with Crippen LogP contribution in [0.2, 0.25) is 0 Å². The highest BCUT2D eigenvalue weighted by Crippen LogP contribution is 2.29. The maximum absolute atomic E-state index is 15.1. The summed E-state index contributed by atoms with van der Waals surface area (Å²) in [5.41, 5.74) is 8.86. The van der Waals surface area contributed by atoms with Crippen LogP contribution in [0, 0.1) is 23.0 Å². The van der Waals surface area contributed by atoms with Gasteiger partial charge in [-0.2, -0.15) is 4.68 Å². The number of nitrogens with two attached hydrogens (primary N) is 1. The molecule has 0 bridgehead atoms.